The van der Waals surface area contributed by atoms with Gasteiger partial charge in [-0.05, 0) is 42.7 Å². The Morgan fingerprint density at radius 1 is 0.800 bits per heavy atom. The van der Waals surface area contributed by atoms with Crippen molar-refractivity contribution in [3.63, 3.8) is 0 Å². The highest BCUT2D eigenvalue weighted by Gasteiger charge is 2.39. The van der Waals surface area contributed by atoms with Crippen LogP contribution >= 0.6 is 0 Å². The van der Waals surface area contributed by atoms with Crippen LogP contribution in [0.1, 0.15) is 25.7 Å². The van der Waals surface area contributed by atoms with Crippen molar-refractivity contribution in [2.75, 3.05) is 5.32 Å². The third-order valence-corrected chi connectivity index (χ3v) is 5.09. The summed E-state index contributed by atoms with van der Waals surface area (Å²) >= 11 is 0. The lowest BCUT2D eigenvalue weighted by molar-refractivity contribution is 0.440. The average molecular weight is 263 g/mol. The monoisotopic (exact) mass is 263 g/mol. The van der Waals surface area contributed by atoms with Gasteiger partial charge in [0.1, 0.15) is 0 Å². The van der Waals surface area contributed by atoms with Crippen molar-refractivity contribution in [3.8, 4) is 11.1 Å². The van der Waals surface area contributed by atoms with E-state index in [-0.39, 0.29) is 0 Å². The first-order valence-corrected chi connectivity index (χ1v) is 7.81. The lowest BCUT2D eigenvalue weighted by Gasteiger charge is -2.25. The van der Waals surface area contributed by atoms with Crippen molar-refractivity contribution in [1.29, 1.82) is 0 Å². The average Bonchev–Trinajstić information content (AvgIpc) is 3.11. The Hall–Kier alpha value is -1.76. The molecule has 1 heteroatoms. The van der Waals surface area contributed by atoms with Gasteiger partial charge >= 0.3 is 0 Å². The molecule has 2 aromatic carbocycles. The number of anilines is 1. The molecule has 2 aromatic rings. The summed E-state index contributed by atoms with van der Waals surface area (Å²) in [6.45, 7) is 0. The van der Waals surface area contributed by atoms with E-state index in [1.807, 2.05) is 0 Å². The van der Waals surface area contributed by atoms with Crippen LogP contribution in [0, 0.1) is 11.8 Å². The fourth-order valence-corrected chi connectivity index (χ4v) is 4.10. The molecule has 0 aliphatic heterocycles. The minimum atomic E-state index is 0.693. The number of para-hydroxylation sites is 1. The minimum Gasteiger partial charge on any atom is -0.382 e. The van der Waals surface area contributed by atoms with Crippen molar-refractivity contribution in [2.45, 2.75) is 31.7 Å². The van der Waals surface area contributed by atoms with Crippen molar-refractivity contribution < 1.29 is 0 Å². The first kappa shape index (κ1) is 12.0. The standard InChI is InChI=1S/C19H21N/c1-2-6-15(7-3-1)17-8-4-5-9-18(17)20-19-13-14-10-11-16(19)12-14/h1-9,14,16,19-20H,10-13H2. The van der Waals surface area contributed by atoms with E-state index in [0.29, 0.717) is 6.04 Å². The summed E-state index contributed by atoms with van der Waals surface area (Å²) in [6, 6.07) is 20.1. The second-order valence-electron chi connectivity index (χ2n) is 6.34. The smallest absolute Gasteiger partial charge is 0.0422 e. The van der Waals surface area contributed by atoms with E-state index in [2.05, 4.69) is 59.9 Å². The zero-order chi connectivity index (χ0) is 13.4. The summed E-state index contributed by atoms with van der Waals surface area (Å²) in [4.78, 5) is 0. The molecule has 2 saturated carbocycles. The summed E-state index contributed by atoms with van der Waals surface area (Å²) in [5, 5.41) is 3.84. The minimum absolute atomic E-state index is 0.693. The Morgan fingerprint density at radius 3 is 2.35 bits per heavy atom. The predicted molar refractivity (Wildman–Crippen MR) is 84.7 cm³/mol. The molecule has 2 fully saturated rings. The molecule has 0 heterocycles. The van der Waals surface area contributed by atoms with Crippen LogP contribution < -0.4 is 5.32 Å². The lowest BCUT2D eigenvalue weighted by Crippen LogP contribution is -2.26. The summed E-state index contributed by atoms with van der Waals surface area (Å²) in [6.07, 6.45) is 5.71. The fourth-order valence-electron chi connectivity index (χ4n) is 4.10. The fraction of sp³-hybridized carbons (Fsp3) is 0.368. The van der Waals surface area contributed by atoms with Crippen molar-refractivity contribution in [3.05, 3.63) is 54.6 Å². The molecular weight excluding hydrogens is 242 g/mol. The van der Waals surface area contributed by atoms with E-state index in [1.165, 1.54) is 42.5 Å². The molecule has 0 amide bonds. The van der Waals surface area contributed by atoms with E-state index in [9.17, 15) is 0 Å². The molecule has 2 aliphatic rings. The highest BCUT2D eigenvalue weighted by Crippen LogP contribution is 2.46. The molecule has 0 radical (unpaired) electrons. The molecule has 3 unspecified atom stereocenters. The van der Waals surface area contributed by atoms with Crippen LogP contribution in [0.25, 0.3) is 11.1 Å². The molecule has 2 bridgehead atoms. The zero-order valence-electron chi connectivity index (χ0n) is 11.8. The molecule has 1 N–H and O–H groups in total. The second kappa shape index (κ2) is 4.97. The highest BCUT2D eigenvalue weighted by molar-refractivity contribution is 5.77. The van der Waals surface area contributed by atoms with Gasteiger partial charge in [-0.1, -0.05) is 55.0 Å². The zero-order valence-corrected chi connectivity index (χ0v) is 11.8. The quantitative estimate of drug-likeness (QED) is 0.825. The van der Waals surface area contributed by atoms with E-state index < -0.39 is 0 Å². The molecule has 1 nitrogen and oxygen atoms in total. The van der Waals surface area contributed by atoms with Gasteiger partial charge in [-0.25, -0.2) is 0 Å². The van der Waals surface area contributed by atoms with Crippen molar-refractivity contribution in [1.82, 2.24) is 0 Å². The maximum absolute atomic E-state index is 3.84. The number of nitrogens with one attached hydrogen (secondary N) is 1. The number of hydrogen-bond acceptors (Lipinski definition) is 1. The second-order valence-corrected chi connectivity index (χ2v) is 6.34. The van der Waals surface area contributed by atoms with Crippen LogP contribution in [-0.4, -0.2) is 6.04 Å². The molecule has 2 aliphatic carbocycles. The van der Waals surface area contributed by atoms with E-state index in [4.69, 9.17) is 0 Å². The van der Waals surface area contributed by atoms with Gasteiger partial charge in [0.05, 0.1) is 0 Å². The van der Waals surface area contributed by atoms with Gasteiger partial charge in [-0.15, -0.1) is 0 Å². The SMILES string of the molecule is c1ccc(-c2ccccc2NC2CC3CCC2C3)cc1. The molecule has 102 valence electrons. The third-order valence-electron chi connectivity index (χ3n) is 5.09. The third kappa shape index (κ3) is 2.11. The van der Waals surface area contributed by atoms with Crippen LogP contribution in [-0.2, 0) is 0 Å². The van der Waals surface area contributed by atoms with Gasteiger partial charge in [0.15, 0.2) is 0 Å². The molecule has 0 spiro atoms. The first-order chi connectivity index (χ1) is 9.90. The van der Waals surface area contributed by atoms with Crippen LogP contribution in [0.15, 0.2) is 54.6 Å². The van der Waals surface area contributed by atoms with E-state index in [1.54, 1.807) is 0 Å². The van der Waals surface area contributed by atoms with Crippen molar-refractivity contribution in [2.24, 2.45) is 11.8 Å². The largest absolute Gasteiger partial charge is 0.382 e. The maximum Gasteiger partial charge on any atom is 0.0422 e. The Morgan fingerprint density at radius 2 is 1.60 bits per heavy atom. The lowest BCUT2D eigenvalue weighted by atomic mass is 9.94. The summed E-state index contributed by atoms with van der Waals surface area (Å²) < 4.78 is 0. The Labute approximate surface area is 121 Å². The van der Waals surface area contributed by atoms with Crippen LogP contribution in [0.5, 0.6) is 0 Å². The van der Waals surface area contributed by atoms with Gasteiger partial charge in [0, 0.05) is 17.3 Å². The predicted octanol–water partition coefficient (Wildman–Crippen LogP) is 4.95. The summed E-state index contributed by atoms with van der Waals surface area (Å²) in [7, 11) is 0. The molecule has 4 rings (SSSR count). The van der Waals surface area contributed by atoms with Gasteiger partial charge in [0.25, 0.3) is 0 Å². The number of rotatable bonds is 3. The number of benzene rings is 2. The van der Waals surface area contributed by atoms with Gasteiger partial charge in [0.2, 0.25) is 0 Å². The molecule has 3 atom stereocenters. The molecule has 0 aromatic heterocycles. The maximum atomic E-state index is 3.84. The summed E-state index contributed by atoms with van der Waals surface area (Å²) in [5.74, 6) is 1.89. The topological polar surface area (TPSA) is 12.0 Å². The van der Waals surface area contributed by atoms with Gasteiger partial charge < -0.3 is 5.32 Å². The number of hydrogen-bond donors (Lipinski definition) is 1. The molecule has 20 heavy (non-hydrogen) atoms. The Kier molecular flexibility index (Phi) is 2.99. The van der Waals surface area contributed by atoms with E-state index in [0.717, 1.165) is 11.8 Å². The Balaban J connectivity index is 1.62. The van der Waals surface area contributed by atoms with E-state index >= 15 is 0 Å². The molecular formula is C19H21N. The van der Waals surface area contributed by atoms with Crippen molar-refractivity contribution >= 4 is 5.69 Å². The molecule has 0 saturated heterocycles. The van der Waals surface area contributed by atoms with Crippen LogP contribution in [0.2, 0.25) is 0 Å². The normalized spacial score (nSPS) is 27.7. The summed E-state index contributed by atoms with van der Waals surface area (Å²) in [5.41, 5.74) is 3.94. The van der Waals surface area contributed by atoms with Gasteiger partial charge in [-0.2, -0.15) is 0 Å². The highest BCUT2D eigenvalue weighted by atomic mass is 14.9. The van der Waals surface area contributed by atoms with Crippen LogP contribution in [0.3, 0.4) is 0 Å². The number of fused-ring (bicyclic) bond motifs is 2. The van der Waals surface area contributed by atoms with Crippen LogP contribution in [0.4, 0.5) is 5.69 Å². The Bertz CT molecular complexity index is 590. The van der Waals surface area contributed by atoms with Gasteiger partial charge in [-0.3, -0.25) is 0 Å². The first-order valence-electron chi connectivity index (χ1n) is 7.81.